The van der Waals surface area contributed by atoms with Crippen molar-refractivity contribution in [3.63, 3.8) is 0 Å². The number of Topliss-reactive ketones (excluding diaryl/α,β-unsaturated/α-hetero) is 2. The molecule has 1 aliphatic carbocycles. The van der Waals surface area contributed by atoms with E-state index in [0.29, 0.717) is 0 Å². The summed E-state index contributed by atoms with van der Waals surface area (Å²) >= 11 is 0. The highest BCUT2D eigenvalue weighted by atomic mass is 16.6. The zero-order chi connectivity index (χ0) is 17.3. The lowest BCUT2D eigenvalue weighted by Gasteiger charge is -2.16. The van der Waals surface area contributed by atoms with Gasteiger partial charge in [0, 0.05) is 16.7 Å². The summed E-state index contributed by atoms with van der Waals surface area (Å²) in [4.78, 5) is 47.4. The van der Waals surface area contributed by atoms with E-state index in [1.54, 1.807) is 18.2 Å². The SMILES string of the molecule is O=C(NC1=C([N+](=O)[O-])C(=O)c2ccccc2C1=O)c1ccccc1. The molecular weight excluding hydrogens is 312 g/mol. The first kappa shape index (κ1) is 15.3. The van der Waals surface area contributed by atoms with Crippen LogP contribution in [0.3, 0.4) is 0 Å². The number of carbonyl (C=O) groups is 3. The summed E-state index contributed by atoms with van der Waals surface area (Å²) in [6.07, 6.45) is 0. The molecule has 0 radical (unpaired) electrons. The minimum atomic E-state index is -0.948. The number of hydrogen-bond acceptors (Lipinski definition) is 5. The molecule has 0 heterocycles. The monoisotopic (exact) mass is 322 g/mol. The van der Waals surface area contributed by atoms with Gasteiger partial charge in [-0.3, -0.25) is 24.5 Å². The van der Waals surface area contributed by atoms with Gasteiger partial charge in [-0.1, -0.05) is 42.5 Å². The number of fused-ring (bicyclic) bond motifs is 1. The van der Waals surface area contributed by atoms with Crippen LogP contribution < -0.4 is 5.32 Å². The summed E-state index contributed by atoms with van der Waals surface area (Å²) in [6, 6.07) is 13.7. The van der Waals surface area contributed by atoms with Crippen molar-refractivity contribution in [1.82, 2.24) is 5.32 Å². The molecule has 3 rings (SSSR count). The molecule has 7 heteroatoms. The molecule has 0 atom stereocenters. The van der Waals surface area contributed by atoms with E-state index in [2.05, 4.69) is 5.32 Å². The molecule has 0 unspecified atom stereocenters. The molecule has 0 aliphatic heterocycles. The summed E-state index contributed by atoms with van der Waals surface area (Å²) in [7, 11) is 0. The van der Waals surface area contributed by atoms with Gasteiger partial charge in [0.05, 0.1) is 4.92 Å². The van der Waals surface area contributed by atoms with Crippen LogP contribution in [0.4, 0.5) is 0 Å². The summed E-state index contributed by atoms with van der Waals surface area (Å²) in [5.41, 5.74) is -1.35. The molecule has 2 aromatic rings. The quantitative estimate of drug-likeness (QED) is 0.687. The van der Waals surface area contributed by atoms with Gasteiger partial charge in [-0.05, 0) is 12.1 Å². The van der Waals surface area contributed by atoms with Crippen LogP contribution in [-0.4, -0.2) is 22.4 Å². The van der Waals surface area contributed by atoms with Crippen LogP contribution >= 0.6 is 0 Å². The highest BCUT2D eigenvalue weighted by Gasteiger charge is 2.40. The van der Waals surface area contributed by atoms with E-state index < -0.39 is 33.8 Å². The minimum absolute atomic E-state index is 0.0245. The largest absolute Gasteiger partial charge is 0.344 e. The van der Waals surface area contributed by atoms with Crippen LogP contribution in [0.2, 0.25) is 0 Å². The maximum Gasteiger partial charge on any atom is 0.344 e. The van der Waals surface area contributed by atoms with Crippen molar-refractivity contribution in [3.8, 4) is 0 Å². The fourth-order valence-corrected chi connectivity index (χ4v) is 2.43. The predicted molar refractivity (Wildman–Crippen MR) is 83.0 cm³/mol. The third-order valence-corrected chi connectivity index (χ3v) is 3.55. The second-order valence-electron chi connectivity index (χ2n) is 5.00. The first-order valence-corrected chi connectivity index (χ1v) is 6.94. The first-order chi connectivity index (χ1) is 11.5. The van der Waals surface area contributed by atoms with E-state index in [1.807, 2.05) is 0 Å². The number of nitrogens with one attached hydrogen (secondary N) is 1. The Bertz CT molecular complexity index is 916. The average Bonchev–Trinajstić information content (AvgIpc) is 2.60. The van der Waals surface area contributed by atoms with Crippen LogP contribution in [-0.2, 0) is 0 Å². The van der Waals surface area contributed by atoms with Gasteiger partial charge in [0.2, 0.25) is 5.78 Å². The molecule has 0 saturated carbocycles. The molecule has 0 saturated heterocycles. The van der Waals surface area contributed by atoms with E-state index >= 15 is 0 Å². The van der Waals surface area contributed by atoms with Gasteiger partial charge in [0.15, 0.2) is 5.70 Å². The van der Waals surface area contributed by atoms with Crippen LogP contribution in [0.1, 0.15) is 31.1 Å². The summed E-state index contributed by atoms with van der Waals surface area (Å²) < 4.78 is 0. The van der Waals surface area contributed by atoms with Crippen LogP contribution in [0.5, 0.6) is 0 Å². The van der Waals surface area contributed by atoms with Crippen molar-refractivity contribution in [3.05, 3.63) is 92.8 Å². The number of carbonyl (C=O) groups excluding carboxylic acids is 3. The molecule has 2 aromatic carbocycles. The van der Waals surface area contributed by atoms with Gasteiger partial charge in [0.25, 0.3) is 11.7 Å². The number of nitrogens with zero attached hydrogens (tertiary/aromatic N) is 1. The molecule has 0 spiro atoms. The molecule has 1 amide bonds. The summed E-state index contributed by atoms with van der Waals surface area (Å²) in [5.74, 6) is -2.37. The van der Waals surface area contributed by atoms with Gasteiger partial charge < -0.3 is 5.32 Å². The predicted octanol–water partition coefficient (Wildman–Crippen LogP) is 1.98. The molecule has 1 N–H and O–H groups in total. The zero-order valence-corrected chi connectivity index (χ0v) is 12.2. The van der Waals surface area contributed by atoms with Crippen molar-refractivity contribution < 1.29 is 19.3 Å². The number of amides is 1. The van der Waals surface area contributed by atoms with E-state index in [4.69, 9.17) is 0 Å². The summed E-state index contributed by atoms with van der Waals surface area (Å²) in [6.45, 7) is 0. The topological polar surface area (TPSA) is 106 Å². The Morgan fingerprint density at radius 3 is 2.00 bits per heavy atom. The van der Waals surface area contributed by atoms with Crippen LogP contribution in [0, 0.1) is 10.1 Å². The normalized spacial score (nSPS) is 13.5. The third-order valence-electron chi connectivity index (χ3n) is 3.55. The fourth-order valence-electron chi connectivity index (χ4n) is 2.43. The molecule has 7 nitrogen and oxygen atoms in total. The van der Waals surface area contributed by atoms with Gasteiger partial charge in [-0.15, -0.1) is 0 Å². The lowest BCUT2D eigenvalue weighted by molar-refractivity contribution is -0.417. The maximum atomic E-state index is 12.5. The van der Waals surface area contributed by atoms with Crippen molar-refractivity contribution in [1.29, 1.82) is 0 Å². The number of ketones is 2. The Balaban J connectivity index is 2.08. The van der Waals surface area contributed by atoms with E-state index in [1.165, 1.54) is 36.4 Å². The molecule has 24 heavy (non-hydrogen) atoms. The zero-order valence-electron chi connectivity index (χ0n) is 12.2. The average molecular weight is 322 g/mol. The van der Waals surface area contributed by atoms with Crippen molar-refractivity contribution in [2.24, 2.45) is 0 Å². The molecule has 1 aliphatic rings. The smallest absolute Gasteiger partial charge is 0.313 e. The highest BCUT2D eigenvalue weighted by molar-refractivity contribution is 6.26. The Morgan fingerprint density at radius 1 is 0.875 bits per heavy atom. The van der Waals surface area contributed by atoms with E-state index in [9.17, 15) is 24.5 Å². The minimum Gasteiger partial charge on any atom is -0.313 e. The molecule has 0 bridgehead atoms. The standard InChI is InChI=1S/C17H10N2O5/c20-15-11-8-4-5-9-12(11)16(21)14(19(23)24)13(15)18-17(22)10-6-2-1-3-7-10/h1-9H,(H,18,22). The van der Waals surface area contributed by atoms with Crippen molar-refractivity contribution in [2.45, 2.75) is 0 Å². The van der Waals surface area contributed by atoms with E-state index in [0.717, 1.165) is 0 Å². The Hall–Kier alpha value is -3.61. The van der Waals surface area contributed by atoms with Gasteiger partial charge in [-0.25, -0.2) is 0 Å². The van der Waals surface area contributed by atoms with Gasteiger partial charge >= 0.3 is 5.70 Å². The Labute approximate surface area is 135 Å². The number of rotatable bonds is 3. The third kappa shape index (κ3) is 2.48. The van der Waals surface area contributed by atoms with Crippen LogP contribution in [0.15, 0.2) is 66.0 Å². The molecule has 118 valence electrons. The number of benzene rings is 2. The van der Waals surface area contributed by atoms with Crippen LogP contribution in [0.25, 0.3) is 0 Å². The van der Waals surface area contributed by atoms with Gasteiger partial charge in [-0.2, -0.15) is 0 Å². The first-order valence-electron chi connectivity index (χ1n) is 6.94. The number of hydrogen-bond donors (Lipinski definition) is 1. The molecule has 0 aromatic heterocycles. The lowest BCUT2D eigenvalue weighted by Crippen LogP contribution is -2.36. The fraction of sp³-hybridized carbons (Fsp3) is 0. The Kier molecular flexibility index (Phi) is 3.75. The maximum absolute atomic E-state index is 12.5. The van der Waals surface area contributed by atoms with Crippen molar-refractivity contribution in [2.75, 3.05) is 0 Å². The summed E-state index contributed by atoms with van der Waals surface area (Å²) in [5, 5.41) is 13.5. The molecule has 0 fully saturated rings. The lowest BCUT2D eigenvalue weighted by atomic mass is 9.90. The number of allylic oxidation sites excluding steroid dienone is 2. The highest BCUT2D eigenvalue weighted by Crippen LogP contribution is 2.25. The second kappa shape index (κ2) is 5.88. The Morgan fingerprint density at radius 2 is 1.42 bits per heavy atom. The van der Waals surface area contributed by atoms with Crippen molar-refractivity contribution >= 4 is 17.5 Å². The van der Waals surface area contributed by atoms with E-state index in [-0.39, 0.29) is 16.7 Å². The second-order valence-corrected chi connectivity index (χ2v) is 5.00. The molecular formula is C17H10N2O5. The van der Waals surface area contributed by atoms with Gasteiger partial charge in [0.1, 0.15) is 0 Å². The number of nitro groups is 1.